The second-order valence-corrected chi connectivity index (χ2v) is 6.83. The molecule has 4 nitrogen and oxygen atoms in total. The highest BCUT2D eigenvalue weighted by molar-refractivity contribution is 8.00. The van der Waals surface area contributed by atoms with E-state index in [1.807, 2.05) is 18.2 Å². The van der Waals surface area contributed by atoms with Gasteiger partial charge in [0.05, 0.1) is 0 Å². The maximum absolute atomic E-state index is 10.9. The number of carbonyl (C=O) groups is 1. The Labute approximate surface area is 128 Å². The molecule has 21 heavy (non-hydrogen) atoms. The van der Waals surface area contributed by atoms with Crippen LogP contribution in [0.3, 0.4) is 0 Å². The first kappa shape index (κ1) is 14.5. The van der Waals surface area contributed by atoms with Crippen molar-refractivity contribution in [3.8, 4) is 0 Å². The molecular formula is C16H19NO3S. The van der Waals surface area contributed by atoms with Gasteiger partial charge in [-0.1, -0.05) is 13.0 Å². The largest absolute Gasteiger partial charge is 0.475 e. The highest BCUT2D eigenvalue weighted by Crippen LogP contribution is 2.25. The number of aromatic carboxylic acids is 1. The topological polar surface area (TPSA) is 53.7 Å². The van der Waals surface area contributed by atoms with Crippen molar-refractivity contribution in [1.82, 2.24) is 4.90 Å². The molecule has 2 aromatic rings. The lowest BCUT2D eigenvalue weighted by molar-refractivity contribution is 0.0665. The molecule has 5 heteroatoms. The Bertz CT molecular complexity index is 652. The van der Waals surface area contributed by atoms with E-state index in [0.717, 1.165) is 30.3 Å². The number of carboxylic acid groups (broad SMARTS) is 1. The van der Waals surface area contributed by atoms with Gasteiger partial charge in [-0.3, -0.25) is 4.90 Å². The fourth-order valence-electron chi connectivity index (χ4n) is 2.73. The van der Waals surface area contributed by atoms with Crippen LogP contribution in [0.2, 0.25) is 0 Å². The predicted molar refractivity (Wildman–Crippen MR) is 85.0 cm³/mol. The molecule has 0 bridgehead atoms. The standard InChI is InChI=1S/C16H19NO3S/c1-2-13-10-17(5-6-21-13)9-11-3-4-14-12(7-11)8-15(20-14)16(18)19/h3-4,7-8,13H,2,5-6,9-10H2,1H3,(H,18,19). The van der Waals surface area contributed by atoms with E-state index < -0.39 is 5.97 Å². The minimum absolute atomic E-state index is 0.00238. The summed E-state index contributed by atoms with van der Waals surface area (Å²) >= 11 is 2.06. The van der Waals surface area contributed by atoms with Crippen LogP contribution in [0.15, 0.2) is 28.7 Å². The van der Waals surface area contributed by atoms with Crippen LogP contribution in [-0.4, -0.2) is 40.1 Å². The zero-order valence-corrected chi connectivity index (χ0v) is 12.9. The van der Waals surface area contributed by atoms with E-state index in [2.05, 4.69) is 23.6 Å². The van der Waals surface area contributed by atoms with Crippen molar-refractivity contribution < 1.29 is 14.3 Å². The van der Waals surface area contributed by atoms with Gasteiger partial charge < -0.3 is 9.52 Å². The van der Waals surface area contributed by atoms with Crippen LogP contribution in [0.5, 0.6) is 0 Å². The van der Waals surface area contributed by atoms with Gasteiger partial charge >= 0.3 is 5.97 Å². The fraction of sp³-hybridized carbons (Fsp3) is 0.438. The zero-order chi connectivity index (χ0) is 14.8. The van der Waals surface area contributed by atoms with Crippen LogP contribution >= 0.6 is 11.8 Å². The lowest BCUT2D eigenvalue weighted by Crippen LogP contribution is -2.36. The van der Waals surface area contributed by atoms with Gasteiger partial charge in [0.15, 0.2) is 0 Å². The molecule has 0 aliphatic carbocycles. The Morgan fingerprint density at radius 3 is 3.10 bits per heavy atom. The second kappa shape index (κ2) is 6.12. The molecule has 0 spiro atoms. The van der Waals surface area contributed by atoms with Gasteiger partial charge in [0.1, 0.15) is 5.58 Å². The van der Waals surface area contributed by atoms with Gasteiger partial charge in [0.2, 0.25) is 5.76 Å². The molecule has 0 radical (unpaired) electrons. The zero-order valence-electron chi connectivity index (χ0n) is 12.0. The first-order valence-corrected chi connectivity index (χ1v) is 8.30. The maximum Gasteiger partial charge on any atom is 0.371 e. The summed E-state index contributed by atoms with van der Waals surface area (Å²) in [5.74, 6) is 0.171. The van der Waals surface area contributed by atoms with Crippen LogP contribution in [0.1, 0.15) is 29.5 Å². The van der Waals surface area contributed by atoms with Crippen molar-refractivity contribution >= 4 is 28.7 Å². The van der Waals surface area contributed by atoms with Gasteiger partial charge in [-0.05, 0) is 30.2 Å². The van der Waals surface area contributed by atoms with Crippen molar-refractivity contribution in [2.75, 3.05) is 18.8 Å². The molecule has 1 aromatic heterocycles. The van der Waals surface area contributed by atoms with Crippen molar-refractivity contribution in [3.63, 3.8) is 0 Å². The third-order valence-electron chi connectivity index (χ3n) is 3.88. The molecule has 1 saturated heterocycles. The average molecular weight is 305 g/mol. The number of carboxylic acids is 1. The molecule has 1 N–H and O–H groups in total. The van der Waals surface area contributed by atoms with Crippen LogP contribution < -0.4 is 0 Å². The number of hydrogen-bond donors (Lipinski definition) is 1. The van der Waals surface area contributed by atoms with E-state index in [1.54, 1.807) is 6.07 Å². The quantitative estimate of drug-likeness (QED) is 0.937. The Morgan fingerprint density at radius 1 is 1.48 bits per heavy atom. The van der Waals surface area contributed by atoms with Gasteiger partial charge in [-0.25, -0.2) is 4.79 Å². The Morgan fingerprint density at radius 2 is 2.33 bits per heavy atom. The van der Waals surface area contributed by atoms with Crippen LogP contribution in [-0.2, 0) is 6.54 Å². The first-order valence-electron chi connectivity index (χ1n) is 7.25. The van der Waals surface area contributed by atoms with Crippen molar-refractivity contribution in [2.24, 2.45) is 0 Å². The molecule has 1 aliphatic heterocycles. The van der Waals surface area contributed by atoms with E-state index in [-0.39, 0.29) is 5.76 Å². The number of rotatable bonds is 4. The molecule has 0 saturated carbocycles. The second-order valence-electron chi connectivity index (χ2n) is 5.42. The molecule has 1 atom stereocenters. The molecule has 0 amide bonds. The Balaban J connectivity index is 1.76. The van der Waals surface area contributed by atoms with E-state index in [9.17, 15) is 4.79 Å². The lowest BCUT2D eigenvalue weighted by atomic mass is 10.1. The van der Waals surface area contributed by atoms with Gasteiger partial charge in [-0.2, -0.15) is 11.8 Å². The molecule has 1 aromatic carbocycles. The molecule has 2 heterocycles. The van der Waals surface area contributed by atoms with Gasteiger partial charge in [0, 0.05) is 36.0 Å². The third kappa shape index (κ3) is 3.24. The minimum Gasteiger partial charge on any atom is -0.475 e. The summed E-state index contributed by atoms with van der Waals surface area (Å²) in [6.45, 7) is 5.41. The summed E-state index contributed by atoms with van der Waals surface area (Å²) in [5, 5.41) is 10.6. The number of fused-ring (bicyclic) bond motifs is 1. The molecule has 1 unspecified atom stereocenters. The summed E-state index contributed by atoms with van der Waals surface area (Å²) in [7, 11) is 0. The fourth-order valence-corrected chi connectivity index (χ4v) is 3.97. The SMILES string of the molecule is CCC1CN(Cc2ccc3oc(C(=O)O)cc3c2)CCS1. The number of furan rings is 1. The molecule has 1 fully saturated rings. The summed E-state index contributed by atoms with van der Waals surface area (Å²) in [5.41, 5.74) is 1.85. The lowest BCUT2D eigenvalue weighted by Gasteiger charge is -2.31. The summed E-state index contributed by atoms with van der Waals surface area (Å²) in [4.78, 5) is 13.4. The van der Waals surface area contributed by atoms with Crippen molar-refractivity contribution in [1.29, 1.82) is 0 Å². The number of benzene rings is 1. The summed E-state index contributed by atoms with van der Waals surface area (Å²) in [6.07, 6.45) is 1.21. The van der Waals surface area contributed by atoms with E-state index >= 15 is 0 Å². The number of nitrogens with zero attached hydrogens (tertiary/aromatic N) is 1. The average Bonchev–Trinajstić information content (AvgIpc) is 2.91. The van der Waals surface area contributed by atoms with Crippen LogP contribution in [0.4, 0.5) is 0 Å². The maximum atomic E-state index is 10.9. The Kier molecular flexibility index (Phi) is 4.22. The summed E-state index contributed by atoms with van der Waals surface area (Å²) < 4.78 is 5.29. The Hall–Kier alpha value is -1.46. The van der Waals surface area contributed by atoms with Gasteiger partial charge in [0.25, 0.3) is 0 Å². The number of thioether (sulfide) groups is 1. The smallest absolute Gasteiger partial charge is 0.371 e. The minimum atomic E-state index is -1.02. The normalized spacial score (nSPS) is 20.0. The highest BCUT2D eigenvalue weighted by Gasteiger charge is 2.19. The van der Waals surface area contributed by atoms with Crippen molar-refractivity contribution in [2.45, 2.75) is 25.1 Å². The van der Waals surface area contributed by atoms with Gasteiger partial charge in [-0.15, -0.1) is 0 Å². The van der Waals surface area contributed by atoms with E-state index in [0.29, 0.717) is 5.58 Å². The molecular weight excluding hydrogens is 286 g/mol. The third-order valence-corrected chi connectivity index (χ3v) is 5.25. The summed E-state index contributed by atoms with van der Waals surface area (Å²) in [6, 6.07) is 7.53. The highest BCUT2D eigenvalue weighted by atomic mass is 32.2. The number of hydrogen-bond acceptors (Lipinski definition) is 4. The van der Waals surface area contributed by atoms with Crippen LogP contribution in [0, 0.1) is 0 Å². The van der Waals surface area contributed by atoms with Crippen LogP contribution in [0.25, 0.3) is 11.0 Å². The molecule has 3 rings (SSSR count). The van der Waals surface area contributed by atoms with Crippen molar-refractivity contribution in [3.05, 3.63) is 35.6 Å². The molecule has 112 valence electrons. The first-order chi connectivity index (χ1) is 10.2. The monoisotopic (exact) mass is 305 g/mol. The van der Waals surface area contributed by atoms with E-state index in [1.165, 1.54) is 17.7 Å². The molecule has 1 aliphatic rings. The van der Waals surface area contributed by atoms with E-state index in [4.69, 9.17) is 9.52 Å². The predicted octanol–water partition coefficient (Wildman–Crippen LogP) is 3.46.